The Labute approximate surface area is 84.9 Å². The van der Waals surface area contributed by atoms with Crippen molar-refractivity contribution in [1.82, 2.24) is 15.4 Å². The zero-order valence-electron chi connectivity index (χ0n) is 7.97. The zero-order valence-corrected chi connectivity index (χ0v) is 7.97. The van der Waals surface area contributed by atoms with E-state index >= 15 is 0 Å². The van der Waals surface area contributed by atoms with Crippen LogP contribution in [-0.4, -0.2) is 32.6 Å². The van der Waals surface area contributed by atoms with Crippen LogP contribution < -0.4 is 4.74 Å². The highest BCUT2D eigenvalue weighted by atomic mass is 16.5. The van der Waals surface area contributed by atoms with Gasteiger partial charge in [0.1, 0.15) is 11.3 Å². The van der Waals surface area contributed by atoms with Crippen molar-refractivity contribution in [1.29, 1.82) is 0 Å². The molecule has 0 fully saturated rings. The van der Waals surface area contributed by atoms with Gasteiger partial charge in [0.05, 0.1) is 0 Å². The van der Waals surface area contributed by atoms with Crippen molar-refractivity contribution in [2.75, 3.05) is 0 Å². The molecule has 0 aliphatic heterocycles. The smallest absolute Gasteiger partial charge is 0.344 e. The third kappa shape index (κ3) is 1.74. The van der Waals surface area contributed by atoms with Crippen molar-refractivity contribution >= 4 is 17.0 Å². The summed E-state index contributed by atoms with van der Waals surface area (Å²) in [4.78, 5) is 10.6. The standard InChI is InChI=1S/C9H9N3O3/c1-5(9(13)14)15-7-4-2-3-6-8(7)11-12-10-6/h2-5H,1H3,(H,13,14)(H,10,11,12)/t5-/m0/s1. The largest absolute Gasteiger partial charge is 0.479 e. The number of aromatic amines is 1. The van der Waals surface area contributed by atoms with Crippen LogP contribution in [0, 0.1) is 0 Å². The van der Waals surface area contributed by atoms with E-state index in [0.29, 0.717) is 16.8 Å². The summed E-state index contributed by atoms with van der Waals surface area (Å²) in [6.45, 7) is 1.46. The lowest BCUT2D eigenvalue weighted by atomic mass is 10.3. The van der Waals surface area contributed by atoms with Gasteiger partial charge in [-0.3, -0.25) is 0 Å². The summed E-state index contributed by atoms with van der Waals surface area (Å²) in [6.07, 6.45) is -0.910. The Morgan fingerprint density at radius 1 is 1.53 bits per heavy atom. The molecule has 2 rings (SSSR count). The first-order valence-electron chi connectivity index (χ1n) is 4.37. The molecule has 0 spiro atoms. The summed E-state index contributed by atoms with van der Waals surface area (Å²) < 4.78 is 5.23. The SMILES string of the molecule is C[C@H](Oc1cccc2n[nH]nc12)C(=O)O. The van der Waals surface area contributed by atoms with E-state index in [1.165, 1.54) is 6.92 Å². The van der Waals surface area contributed by atoms with E-state index in [9.17, 15) is 4.79 Å². The fraction of sp³-hybridized carbons (Fsp3) is 0.222. The summed E-state index contributed by atoms with van der Waals surface area (Å²) in [5.74, 6) is -0.605. The number of carboxylic acid groups (broad SMARTS) is 1. The highest BCUT2D eigenvalue weighted by molar-refractivity contribution is 5.81. The van der Waals surface area contributed by atoms with Crippen molar-refractivity contribution < 1.29 is 14.6 Å². The van der Waals surface area contributed by atoms with Crippen LogP contribution in [0.5, 0.6) is 5.75 Å². The second-order valence-corrected chi connectivity index (χ2v) is 3.05. The molecule has 1 aromatic carbocycles. The van der Waals surface area contributed by atoms with Gasteiger partial charge in [-0.15, -0.1) is 0 Å². The van der Waals surface area contributed by atoms with Crippen molar-refractivity contribution in [3.8, 4) is 5.75 Å². The number of ether oxygens (including phenoxy) is 1. The van der Waals surface area contributed by atoms with Gasteiger partial charge in [-0.1, -0.05) is 6.07 Å². The van der Waals surface area contributed by atoms with Gasteiger partial charge in [0.15, 0.2) is 11.6 Å². The van der Waals surface area contributed by atoms with E-state index < -0.39 is 12.1 Å². The maximum Gasteiger partial charge on any atom is 0.344 e. The molecule has 15 heavy (non-hydrogen) atoms. The fourth-order valence-electron chi connectivity index (χ4n) is 1.18. The molecule has 2 aromatic rings. The number of aliphatic carboxylic acids is 1. The van der Waals surface area contributed by atoms with Crippen molar-refractivity contribution in [3.63, 3.8) is 0 Å². The van der Waals surface area contributed by atoms with E-state index in [4.69, 9.17) is 9.84 Å². The number of para-hydroxylation sites is 1. The number of nitrogens with one attached hydrogen (secondary N) is 1. The Bertz CT molecular complexity index is 494. The van der Waals surface area contributed by atoms with Gasteiger partial charge in [0.2, 0.25) is 0 Å². The van der Waals surface area contributed by atoms with Gasteiger partial charge in [-0.2, -0.15) is 15.4 Å². The second-order valence-electron chi connectivity index (χ2n) is 3.05. The lowest BCUT2D eigenvalue weighted by Crippen LogP contribution is -2.22. The average Bonchev–Trinajstić information content (AvgIpc) is 2.66. The molecule has 78 valence electrons. The fourth-order valence-corrected chi connectivity index (χ4v) is 1.18. The molecule has 1 atom stereocenters. The number of aromatic nitrogens is 3. The molecule has 0 aliphatic carbocycles. The Kier molecular flexibility index (Phi) is 2.24. The number of H-pyrrole nitrogens is 1. The van der Waals surface area contributed by atoms with E-state index in [-0.39, 0.29) is 0 Å². The molecule has 0 saturated heterocycles. The van der Waals surface area contributed by atoms with Crippen molar-refractivity contribution in [3.05, 3.63) is 18.2 Å². The molecule has 2 N–H and O–H groups in total. The van der Waals surface area contributed by atoms with Gasteiger partial charge in [0, 0.05) is 0 Å². The summed E-state index contributed by atoms with van der Waals surface area (Å²) in [5, 5.41) is 18.9. The molecule has 6 heteroatoms. The average molecular weight is 207 g/mol. The number of carbonyl (C=O) groups is 1. The molecule has 0 saturated carbocycles. The van der Waals surface area contributed by atoms with E-state index in [2.05, 4.69) is 15.4 Å². The van der Waals surface area contributed by atoms with Crippen LogP contribution in [0.4, 0.5) is 0 Å². The summed E-state index contributed by atoms with van der Waals surface area (Å²) >= 11 is 0. The van der Waals surface area contributed by atoms with Gasteiger partial charge in [-0.25, -0.2) is 4.79 Å². The molecule has 0 aliphatic rings. The minimum absolute atomic E-state index is 0.413. The maximum atomic E-state index is 10.6. The predicted molar refractivity (Wildman–Crippen MR) is 51.6 cm³/mol. The first-order valence-corrected chi connectivity index (χ1v) is 4.37. The van der Waals surface area contributed by atoms with E-state index in [0.717, 1.165) is 0 Å². The Hall–Kier alpha value is -2.11. The van der Waals surface area contributed by atoms with Gasteiger partial charge < -0.3 is 9.84 Å². The minimum atomic E-state index is -1.02. The molecule has 1 heterocycles. The van der Waals surface area contributed by atoms with Crippen LogP contribution in [0.15, 0.2) is 18.2 Å². The zero-order chi connectivity index (χ0) is 10.8. The van der Waals surface area contributed by atoms with Gasteiger partial charge in [-0.05, 0) is 19.1 Å². The Morgan fingerprint density at radius 2 is 2.33 bits per heavy atom. The topological polar surface area (TPSA) is 88.1 Å². The third-order valence-electron chi connectivity index (χ3n) is 1.96. The molecule has 6 nitrogen and oxygen atoms in total. The van der Waals surface area contributed by atoms with Crippen LogP contribution in [0.3, 0.4) is 0 Å². The van der Waals surface area contributed by atoms with Crippen LogP contribution in [0.1, 0.15) is 6.92 Å². The first-order chi connectivity index (χ1) is 7.18. The maximum absolute atomic E-state index is 10.6. The molecule has 0 unspecified atom stereocenters. The number of hydrogen-bond donors (Lipinski definition) is 2. The normalized spacial score (nSPS) is 12.6. The van der Waals surface area contributed by atoms with E-state index in [1.807, 2.05) is 0 Å². The van der Waals surface area contributed by atoms with Crippen LogP contribution in [0.2, 0.25) is 0 Å². The number of nitrogens with zero attached hydrogens (tertiary/aromatic N) is 2. The summed E-state index contributed by atoms with van der Waals surface area (Å²) in [5.41, 5.74) is 1.18. The van der Waals surface area contributed by atoms with Gasteiger partial charge in [0.25, 0.3) is 0 Å². The monoisotopic (exact) mass is 207 g/mol. The third-order valence-corrected chi connectivity index (χ3v) is 1.96. The number of carboxylic acids is 1. The summed E-state index contributed by atoms with van der Waals surface area (Å²) in [7, 11) is 0. The van der Waals surface area contributed by atoms with Crippen LogP contribution >= 0.6 is 0 Å². The van der Waals surface area contributed by atoms with Crippen LogP contribution in [0.25, 0.3) is 11.0 Å². The number of hydrogen-bond acceptors (Lipinski definition) is 4. The van der Waals surface area contributed by atoms with Gasteiger partial charge >= 0.3 is 5.97 Å². The quantitative estimate of drug-likeness (QED) is 0.777. The number of rotatable bonds is 3. The highest BCUT2D eigenvalue weighted by Gasteiger charge is 2.15. The molecule has 1 aromatic heterocycles. The van der Waals surface area contributed by atoms with Crippen molar-refractivity contribution in [2.45, 2.75) is 13.0 Å². The Balaban J connectivity index is 2.35. The molecule has 0 radical (unpaired) electrons. The van der Waals surface area contributed by atoms with Crippen molar-refractivity contribution in [2.24, 2.45) is 0 Å². The summed E-state index contributed by atoms with van der Waals surface area (Å²) in [6, 6.07) is 5.15. The number of fused-ring (bicyclic) bond motifs is 1. The lowest BCUT2D eigenvalue weighted by molar-refractivity contribution is -0.144. The minimum Gasteiger partial charge on any atom is -0.479 e. The lowest BCUT2D eigenvalue weighted by Gasteiger charge is -2.09. The highest BCUT2D eigenvalue weighted by Crippen LogP contribution is 2.22. The van der Waals surface area contributed by atoms with E-state index in [1.54, 1.807) is 18.2 Å². The second kappa shape index (κ2) is 3.56. The predicted octanol–water partition coefficient (Wildman–Crippen LogP) is 0.810. The molecule has 0 amide bonds. The number of benzene rings is 1. The molecule has 0 bridgehead atoms. The Morgan fingerprint density at radius 3 is 3.07 bits per heavy atom. The first kappa shape index (κ1) is 9.45. The molecular formula is C9H9N3O3. The van der Waals surface area contributed by atoms with Crippen LogP contribution in [-0.2, 0) is 4.79 Å². The molecular weight excluding hydrogens is 198 g/mol.